The van der Waals surface area contributed by atoms with Crippen molar-refractivity contribution in [1.29, 1.82) is 0 Å². The zero-order chi connectivity index (χ0) is 12.5. The first kappa shape index (κ1) is 12.4. The van der Waals surface area contributed by atoms with E-state index in [9.17, 15) is 4.39 Å². The van der Waals surface area contributed by atoms with Gasteiger partial charge in [-0.3, -0.25) is 0 Å². The molecule has 0 aromatic heterocycles. The number of hydrogen-bond acceptors (Lipinski definition) is 2. The first-order chi connectivity index (χ1) is 8.05. The Kier molecular flexibility index (Phi) is 3.38. The van der Waals surface area contributed by atoms with E-state index in [1.807, 2.05) is 0 Å². The molecule has 2 rings (SSSR count). The molecular formula is C14H20FNO. The van der Waals surface area contributed by atoms with Gasteiger partial charge in [0.05, 0.1) is 7.11 Å². The lowest BCUT2D eigenvalue weighted by molar-refractivity contribution is 0.241. The zero-order valence-electron chi connectivity index (χ0n) is 10.5. The van der Waals surface area contributed by atoms with Crippen LogP contribution in [0.3, 0.4) is 0 Å². The molecule has 0 spiro atoms. The van der Waals surface area contributed by atoms with E-state index < -0.39 is 5.54 Å². The SMILES string of the molecule is COc1ccc(C2(N)CCC(C)CC2)c(F)c1. The highest BCUT2D eigenvalue weighted by Gasteiger charge is 2.34. The fourth-order valence-electron chi connectivity index (χ4n) is 2.57. The molecule has 1 aliphatic carbocycles. The third-order valence-electron chi connectivity index (χ3n) is 3.88. The molecule has 1 saturated carbocycles. The molecule has 1 fully saturated rings. The minimum Gasteiger partial charge on any atom is -0.497 e. The molecule has 94 valence electrons. The lowest BCUT2D eigenvalue weighted by Gasteiger charge is -2.36. The topological polar surface area (TPSA) is 35.2 Å². The summed E-state index contributed by atoms with van der Waals surface area (Å²) in [5, 5.41) is 0. The first-order valence-corrected chi connectivity index (χ1v) is 6.18. The largest absolute Gasteiger partial charge is 0.497 e. The Morgan fingerprint density at radius 2 is 2.00 bits per heavy atom. The van der Waals surface area contributed by atoms with Crippen molar-refractivity contribution >= 4 is 0 Å². The van der Waals surface area contributed by atoms with E-state index in [1.54, 1.807) is 12.1 Å². The predicted molar refractivity (Wildman–Crippen MR) is 66.4 cm³/mol. The monoisotopic (exact) mass is 237 g/mol. The van der Waals surface area contributed by atoms with Gasteiger partial charge in [0.25, 0.3) is 0 Å². The third kappa shape index (κ3) is 2.44. The zero-order valence-corrected chi connectivity index (χ0v) is 10.5. The fraction of sp³-hybridized carbons (Fsp3) is 0.571. The summed E-state index contributed by atoms with van der Waals surface area (Å²) in [4.78, 5) is 0. The van der Waals surface area contributed by atoms with Crippen LogP contribution in [0.2, 0.25) is 0 Å². The molecule has 2 N–H and O–H groups in total. The van der Waals surface area contributed by atoms with Crippen LogP contribution in [0, 0.1) is 11.7 Å². The smallest absolute Gasteiger partial charge is 0.131 e. The molecule has 0 radical (unpaired) electrons. The van der Waals surface area contributed by atoms with Gasteiger partial charge in [-0.15, -0.1) is 0 Å². The van der Waals surface area contributed by atoms with Crippen LogP contribution in [0.1, 0.15) is 38.2 Å². The van der Waals surface area contributed by atoms with Crippen LogP contribution >= 0.6 is 0 Å². The molecule has 2 nitrogen and oxygen atoms in total. The van der Waals surface area contributed by atoms with Gasteiger partial charge in [0.1, 0.15) is 11.6 Å². The molecule has 0 aliphatic heterocycles. The summed E-state index contributed by atoms with van der Waals surface area (Å²) in [6.07, 6.45) is 3.86. The normalized spacial score (nSPS) is 29.1. The van der Waals surface area contributed by atoms with Crippen molar-refractivity contribution < 1.29 is 9.13 Å². The van der Waals surface area contributed by atoms with Crippen molar-refractivity contribution in [2.45, 2.75) is 38.1 Å². The van der Waals surface area contributed by atoms with E-state index >= 15 is 0 Å². The summed E-state index contributed by atoms with van der Waals surface area (Å²) >= 11 is 0. The number of hydrogen-bond donors (Lipinski definition) is 1. The van der Waals surface area contributed by atoms with Gasteiger partial charge in [-0.1, -0.05) is 13.0 Å². The summed E-state index contributed by atoms with van der Waals surface area (Å²) in [5.41, 5.74) is 6.49. The maximum atomic E-state index is 14.0. The number of benzene rings is 1. The van der Waals surface area contributed by atoms with Crippen molar-refractivity contribution in [3.05, 3.63) is 29.6 Å². The molecule has 17 heavy (non-hydrogen) atoms. The molecule has 0 atom stereocenters. The predicted octanol–water partition coefficient (Wildman–Crippen LogP) is 3.20. The Morgan fingerprint density at radius 1 is 1.35 bits per heavy atom. The average Bonchev–Trinajstić information content (AvgIpc) is 2.33. The molecule has 0 bridgehead atoms. The van der Waals surface area contributed by atoms with E-state index in [0.717, 1.165) is 25.7 Å². The maximum absolute atomic E-state index is 14.0. The molecule has 1 aliphatic rings. The minimum atomic E-state index is -0.497. The fourth-order valence-corrected chi connectivity index (χ4v) is 2.57. The maximum Gasteiger partial charge on any atom is 0.131 e. The van der Waals surface area contributed by atoms with Crippen LogP contribution in [0.4, 0.5) is 4.39 Å². The summed E-state index contributed by atoms with van der Waals surface area (Å²) in [5.74, 6) is 0.994. The van der Waals surface area contributed by atoms with E-state index in [-0.39, 0.29) is 5.82 Å². The Hall–Kier alpha value is -1.09. The first-order valence-electron chi connectivity index (χ1n) is 6.18. The Balaban J connectivity index is 2.27. The van der Waals surface area contributed by atoms with E-state index in [4.69, 9.17) is 10.5 Å². The average molecular weight is 237 g/mol. The summed E-state index contributed by atoms with van der Waals surface area (Å²) < 4.78 is 19.0. The molecule has 1 aromatic rings. The minimum absolute atomic E-state index is 0.249. The van der Waals surface area contributed by atoms with Crippen LogP contribution in [0.5, 0.6) is 5.75 Å². The van der Waals surface area contributed by atoms with Crippen LogP contribution in [0.25, 0.3) is 0 Å². The number of methoxy groups -OCH3 is 1. The molecule has 0 amide bonds. The van der Waals surface area contributed by atoms with Crippen LogP contribution in [-0.2, 0) is 5.54 Å². The Bertz CT molecular complexity index is 397. The quantitative estimate of drug-likeness (QED) is 0.857. The van der Waals surface area contributed by atoms with E-state index in [1.165, 1.54) is 13.2 Å². The summed E-state index contributed by atoms with van der Waals surface area (Å²) in [7, 11) is 1.54. The lowest BCUT2D eigenvalue weighted by Crippen LogP contribution is -2.40. The van der Waals surface area contributed by atoms with Crippen LogP contribution < -0.4 is 10.5 Å². The van der Waals surface area contributed by atoms with Crippen molar-refractivity contribution in [2.24, 2.45) is 11.7 Å². The standard InChI is InChI=1S/C14H20FNO/c1-10-5-7-14(16,8-6-10)12-4-3-11(17-2)9-13(12)15/h3-4,9-10H,5-8,16H2,1-2H3. The van der Waals surface area contributed by atoms with Gasteiger partial charge < -0.3 is 10.5 Å². The molecule has 3 heteroatoms. The summed E-state index contributed by atoms with van der Waals surface area (Å²) in [6, 6.07) is 4.97. The highest BCUT2D eigenvalue weighted by atomic mass is 19.1. The van der Waals surface area contributed by atoms with Gasteiger partial charge in [0.15, 0.2) is 0 Å². The number of ether oxygens (including phenoxy) is 1. The molecule has 0 unspecified atom stereocenters. The summed E-state index contributed by atoms with van der Waals surface area (Å²) in [6.45, 7) is 2.23. The molecule has 0 heterocycles. The van der Waals surface area contributed by atoms with Gasteiger partial charge in [0.2, 0.25) is 0 Å². The molecule has 1 aromatic carbocycles. The Morgan fingerprint density at radius 3 is 2.53 bits per heavy atom. The second kappa shape index (κ2) is 4.65. The number of rotatable bonds is 2. The van der Waals surface area contributed by atoms with Crippen molar-refractivity contribution in [3.63, 3.8) is 0 Å². The van der Waals surface area contributed by atoms with E-state index in [2.05, 4.69) is 6.92 Å². The molecule has 0 saturated heterocycles. The third-order valence-corrected chi connectivity index (χ3v) is 3.88. The highest BCUT2D eigenvalue weighted by Crippen LogP contribution is 2.38. The van der Waals surface area contributed by atoms with Gasteiger partial charge in [0, 0.05) is 17.2 Å². The number of halogens is 1. The lowest BCUT2D eigenvalue weighted by atomic mass is 9.74. The highest BCUT2D eigenvalue weighted by molar-refractivity contribution is 5.33. The van der Waals surface area contributed by atoms with Gasteiger partial charge >= 0.3 is 0 Å². The number of nitrogens with two attached hydrogens (primary N) is 1. The molecular weight excluding hydrogens is 217 g/mol. The van der Waals surface area contributed by atoms with E-state index in [0.29, 0.717) is 17.2 Å². The second-order valence-corrected chi connectivity index (χ2v) is 5.18. The van der Waals surface area contributed by atoms with Crippen LogP contribution in [0.15, 0.2) is 18.2 Å². The van der Waals surface area contributed by atoms with Crippen molar-refractivity contribution in [1.82, 2.24) is 0 Å². The van der Waals surface area contributed by atoms with Crippen molar-refractivity contribution in [2.75, 3.05) is 7.11 Å². The Labute approximate surface area is 102 Å². The van der Waals surface area contributed by atoms with Crippen molar-refractivity contribution in [3.8, 4) is 5.75 Å². The second-order valence-electron chi connectivity index (χ2n) is 5.18. The van der Waals surface area contributed by atoms with Gasteiger partial charge in [-0.05, 0) is 37.7 Å². The van der Waals surface area contributed by atoms with Gasteiger partial charge in [-0.2, -0.15) is 0 Å². The van der Waals surface area contributed by atoms with Gasteiger partial charge in [-0.25, -0.2) is 4.39 Å². The van der Waals surface area contributed by atoms with Crippen LogP contribution in [-0.4, -0.2) is 7.11 Å².